The minimum absolute atomic E-state index is 0.255. The molecule has 0 aliphatic carbocycles. The molecule has 4 heteroatoms. The summed E-state index contributed by atoms with van der Waals surface area (Å²) in [5, 5.41) is 0.599. The molecular weight excluding hydrogens is 275 g/mol. The molecule has 0 aromatic heterocycles. The summed E-state index contributed by atoms with van der Waals surface area (Å²) in [6.45, 7) is 1.54. The fourth-order valence-corrected chi connectivity index (χ4v) is 2.88. The quantitative estimate of drug-likeness (QED) is 0.847. The zero-order chi connectivity index (χ0) is 14.1. The first-order chi connectivity index (χ1) is 9.63. The van der Waals surface area contributed by atoms with Crippen LogP contribution in [-0.4, -0.2) is 6.54 Å². The fraction of sp³-hybridized carbons (Fsp3) is 0.250. The van der Waals surface area contributed by atoms with Crippen molar-refractivity contribution in [1.82, 2.24) is 0 Å². The normalized spacial score (nSPS) is 14.2. The van der Waals surface area contributed by atoms with Crippen LogP contribution in [0.25, 0.3) is 0 Å². The first-order valence-corrected chi connectivity index (χ1v) is 7.08. The van der Waals surface area contributed by atoms with Crippen LogP contribution >= 0.6 is 11.6 Å². The van der Waals surface area contributed by atoms with Crippen molar-refractivity contribution in [2.75, 3.05) is 17.2 Å². The molecule has 0 fully saturated rings. The molecule has 2 aromatic carbocycles. The predicted molar refractivity (Wildman–Crippen MR) is 81.6 cm³/mol. The van der Waals surface area contributed by atoms with E-state index in [-0.39, 0.29) is 5.82 Å². The predicted octanol–water partition coefficient (Wildman–Crippen LogP) is 4.01. The molecular formula is C16H16ClFN2. The zero-order valence-electron chi connectivity index (χ0n) is 11.1. The molecule has 0 atom stereocenters. The van der Waals surface area contributed by atoms with Crippen molar-refractivity contribution < 1.29 is 4.39 Å². The van der Waals surface area contributed by atoms with Crippen molar-refractivity contribution in [2.24, 2.45) is 0 Å². The molecule has 20 heavy (non-hydrogen) atoms. The molecule has 1 aliphatic rings. The lowest BCUT2D eigenvalue weighted by Crippen LogP contribution is -2.29. The van der Waals surface area contributed by atoms with E-state index >= 15 is 0 Å². The number of aryl methyl sites for hydroxylation is 1. The van der Waals surface area contributed by atoms with Crippen molar-refractivity contribution in [3.8, 4) is 0 Å². The van der Waals surface area contributed by atoms with Crippen LogP contribution in [0.4, 0.5) is 15.8 Å². The summed E-state index contributed by atoms with van der Waals surface area (Å²) in [5.74, 6) is -0.255. The Balaban J connectivity index is 1.93. The molecule has 0 bridgehead atoms. The lowest BCUT2D eigenvalue weighted by molar-refractivity contribution is 0.622. The summed E-state index contributed by atoms with van der Waals surface area (Å²) in [6.07, 6.45) is 2.15. The van der Waals surface area contributed by atoms with E-state index in [2.05, 4.69) is 11.0 Å². The van der Waals surface area contributed by atoms with Gasteiger partial charge in [0.05, 0.1) is 0 Å². The van der Waals surface area contributed by atoms with Crippen LogP contribution < -0.4 is 10.6 Å². The Bertz CT molecular complexity index is 642. The van der Waals surface area contributed by atoms with E-state index in [1.807, 2.05) is 12.1 Å². The van der Waals surface area contributed by atoms with Crippen molar-refractivity contribution in [3.05, 3.63) is 58.4 Å². The number of hydrogen-bond donors (Lipinski definition) is 1. The number of benzene rings is 2. The summed E-state index contributed by atoms with van der Waals surface area (Å²) in [6, 6.07) is 10.5. The Labute approximate surface area is 123 Å². The zero-order valence-corrected chi connectivity index (χ0v) is 11.8. The van der Waals surface area contributed by atoms with Gasteiger partial charge in [0.2, 0.25) is 0 Å². The molecule has 2 aromatic rings. The van der Waals surface area contributed by atoms with Crippen LogP contribution in [0.1, 0.15) is 17.5 Å². The first kappa shape index (κ1) is 13.3. The standard InChI is InChI=1S/C16H16ClFN2/c17-15-6-4-13(18)8-12(15)10-20-7-1-2-11-3-5-14(19)9-16(11)20/h3-6,8-9H,1-2,7,10,19H2. The Morgan fingerprint density at radius 2 is 2.05 bits per heavy atom. The molecule has 3 rings (SSSR count). The summed E-state index contributed by atoms with van der Waals surface area (Å²) in [5.41, 5.74) is 9.86. The second-order valence-corrected chi connectivity index (χ2v) is 5.56. The summed E-state index contributed by atoms with van der Waals surface area (Å²) < 4.78 is 13.4. The van der Waals surface area contributed by atoms with Gasteiger partial charge in [0.1, 0.15) is 5.82 Å². The van der Waals surface area contributed by atoms with E-state index < -0.39 is 0 Å². The Morgan fingerprint density at radius 3 is 2.90 bits per heavy atom. The molecule has 0 saturated carbocycles. The largest absolute Gasteiger partial charge is 0.399 e. The number of nitrogens with two attached hydrogens (primary N) is 1. The van der Waals surface area contributed by atoms with E-state index in [0.717, 1.165) is 36.3 Å². The third-order valence-corrected chi connectivity index (χ3v) is 4.06. The SMILES string of the molecule is Nc1ccc2c(c1)N(Cc1cc(F)ccc1Cl)CCC2. The smallest absolute Gasteiger partial charge is 0.123 e. The molecule has 0 amide bonds. The van der Waals surface area contributed by atoms with Gasteiger partial charge in [-0.05, 0) is 54.3 Å². The van der Waals surface area contributed by atoms with Crippen LogP contribution in [-0.2, 0) is 13.0 Å². The Kier molecular flexibility index (Phi) is 3.53. The number of nitrogens with zero attached hydrogens (tertiary/aromatic N) is 1. The van der Waals surface area contributed by atoms with Gasteiger partial charge in [0.15, 0.2) is 0 Å². The maximum atomic E-state index is 13.4. The Morgan fingerprint density at radius 1 is 1.20 bits per heavy atom. The van der Waals surface area contributed by atoms with E-state index in [1.54, 1.807) is 6.07 Å². The highest BCUT2D eigenvalue weighted by Gasteiger charge is 2.18. The molecule has 0 radical (unpaired) electrons. The van der Waals surface area contributed by atoms with Gasteiger partial charge in [-0.3, -0.25) is 0 Å². The van der Waals surface area contributed by atoms with E-state index in [0.29, 0.717) is 11.6 Å². The van der Waals surface area contributed by atoms with Crippen molar-refractivity contribution in [3.63, 3.8) is 0 Å². The van der Waals surface area contributed by atoms with Crippen LogP contribution in [0.2, 0.25) is 5.02 Å². The van der Waals surface area contributed by atoms with Crippen LogP contribution in [0.3, 0.4) is 0 Å². The highest BCUT2D eigenvalue weighted by atomic mass is 35.5. The number of hydrogen-bond acceptors (Lipinski definition) is 2. The fourth-order valence-electron chi connectivity index (χ4n) is 2.70. The van der Waals surface area contributed by atoms with Gasteiger partial charge >= 0.3 is 0 Å². The van der Waals surface area contributed by atoms with E-state index in [1.165, 1.54) is 17.7 Å². The lowest BCUT2D eigenvalue weighted by Gasteiger charge is -2.32. The number of nitrogen functional groups attached to an aromatic ring is 1. The highest BCUT2D eigenvalue weighted by Crippen LogP contribution is 2.31. The molecule has 104 valence electrons. The topological polar surface area (TPSA) is 29.3 Å². The number of anilines is 2. The van der Waals surface area contributed by atoms with Crippen LogP contribution in [0.15, 0.2) is 36.4 Å². The van der Waals surface area contributed by atoms with Gasteiger partial charge in [-0.1, -0.05) is 17.7 Å². The highest BCUT2D eigenvalue weighted by molar-refractivity contribution is 6.31. The molecule has 1 heterocycles. The summed E-state index contributed by atoms with van der Waals surface area (Å²) in [4.78, 5) is 2.22. The molecule has 0 spiro atoms. The molecule has 2 N–H and O–H groups in total. The minimum Gasteiger partial charge on any atom is -0.399 e. The van der Waals surface area contributed by atoms with Gasteiger partial charge < -0.3 is 10.6 Å². The van der Waals surface area contributed by atoms with Crippen LogP contribution in [0, 0.1) is 5.82 Å². The second kappa shape index (κ2) is 5.33. The average Bonchev–Trinajstić information content (AvgIpc) is 2.43. The molecule has 0 unspecified atom stereocenters. The average molecular weight is 291 g/mol. The maximum Gasteiger partial charge on any atom is 0.123 e. The number of rotatable bonds is 2. The van der Waals surface area contributed by atoms with Gasteiger partial charge in [-0.25, -0.2) is 4.39 Å². The molecule has 0 saturated heterocycles. The first-order valence-electron chi connectivity index (χ1n) is 6.71. The summed E-state index contributed by atoms with van der Waals surface area (Å²) in [7, 11) is 0. The van der Waals surface area contributed by atoms with Crippen LogP contribution in [0.5, 0.6) is 0 Å². The maximum absolute atomic E-state index is 13.4. The third kappa shape index (κ3) is 2.59. The van der Waals surface area contributed by atoms with Gasteiger partial charge in [-0.15, -0.1) is 0 Å². The van der Waals surface area contributed by atoms with Gasteiger partial charge in [0, 0.05) is 29.5 Å². The molecule has 1 aliphatic heterocycles. The third-order valence-electron chi connectivity index (χ3n) is 3.69. The van der Waals surface area contributed by atoms with Crippen molar-refractivity contribution >= 4 is 23.0 Å². The van der Waals surface area contributed by atoms with Gasteiger partial charge in [-0.2, -0.15) is 0 Å². The van der Waals surface area contributed by atoms with E-state index in [4.69, 9.17) is 17.3 Å². The number of halogens is 2. The second-order valence-electron chi connectivity index (χ2n) is 5.15. The monoisotopic (exact) mass is 290 g/mol. The summed E-state index contributed by atoms with van der Waals surface area (Å²) >= 11 is 6.16. The number of fused-ring (bicyclic) bond motifs is 1. The van der Waals surface area contributed by atoms with E-state index in [9.17, 15) is 4.39 Å². The Hall–Kier alpha value is -1.74. The van der Waals surface area contributed by atoms with Crippen molar-refractivity contribution in [2.45, 2.75) is 19.4 Å². The van der Waals surface area contributed by atoms with Crippen molar-refractivity contribution in [1.29, 1.82) is 0 Å². The lowest BCUT2D eigenvalue weighted by atomic mass is 10.0. The minimum atomic E-state index is -0.255. The molecule has 2 nitrogen and oxygen atoms in total. The van der Waals surface area contributed by atoms with Gasteiger partial charge in [0.25, 0.3) is 0 Å².